The first kappa shape index (κ1) is 22.2. The number of aromatic nitrogens is 4. The van der Waals surface area contributed by atoms with Crippen molar-refractivity contribution in [3.63, 3.8) is 0 Å². The Labute approximate surface area is 192 Å². The smallest absolute Gasteiger partial charge is 0.294 e. The van der Waals surface area contributed by atoms with Gasteiger partial charge in [-0.05, 0) is 36.8 Å². The van der Waals surface area contributed by atoms with Crippen LogP contribution in [0.25, 0.3) is 16.6 Å². The van der Waals surface area contributed by atoms with Crippen LogP contribution in [0.5, 0.6) is 0 Å². The van der Waals surface area contributed by atoms with E-state index in [4.69, 9.17) is 11.6 Å². The Bertz CT molecular complexity index is 1400. The maximum atomic E-state index is 13.3. The average molecular weight is 467 g/mol. The molecule has 0 bridgehead atoms. The second-order valence-corrected chi connectivity index (χ2v) is 7.77. The summed E-state index contributed by atoms with van der Waals surface area (Å²) in [6.45, 7) is 2.30. The number of nitrogens with zero attached hydrogens (tertiary/aromatic N) is 5. The van der Waals surface area contributed by atoms with Crippen molar-refractivity contribution < 1.29 is 9.72 Å². The van der Waals surface area contributed by atoms with E-state index >= 15 is 0 Å². The zero-order valence-corrected chi connectivity index (χ0v) is 18.3. The predicted octanol–water partition coefficient (Wildman–Crippen LogP) is 3.72. The molecule has 1 N–H and O–H groups in total. The number of H-pyrrole nitrogens is 1. The van der Waals surface area contributed by atoms with Gasteiger partial charge < -0.3 is 14.5 Å². The minimum absolute atomic E-state index is 0.0292. The molecule has 4 aromatic rings. The standard InChI is InChI=1S/C22H19ClN6O4/c1-2-8-27(12-20-25-17-11-15(23)4-5-16(17)21(30)26-20)22(31)14-3-6-18(19(10-14)29(32)33)28-9-7-24-13-28/h3-7,9-11,13H,2,8,12H2,1H3,(H,25,26,30). The summed E-state index contributed by atoms with van der Waals surface area (Å²) in [7, 11) is 0. The highest BCUT2D eigenvalue weighted by Crippen LogP contribution is 2.25. The fourth-order valence-electron chi connectivity index (χ4n) is 3.54. The number of hydrogen-bond acceptors (Lipinski definition) is 6. The van der Waals surface area contributed by atoms with E-state index in [0.29, 0.717) is 40.4 Å². The first-order valence-electron chi connectivity index (χ1n) is 10.1. The summed E-state index contributed by atoms with van der Waals surface area (Å²) in [5, 5.41) is 12.5. The molecule has 0 saturated carbocycles. The molecule has 0 aliphatic rings. The molecule has 0 aliphatic carbocycles. The molecule has 168 valence electrons. The normalized spacial score (nSPS) is 11.0. The van der Waals surface area contributed by atoms with Crippen molar-refractivity contribution in [2.45, 2.75) is 19.9 Å². The van der Waals surface area contributed by atoms with Gasteiger partial charge in [0.1, 0.15) is 11.5 Å². The maximum absolute atomic E-state index is 13.3. The number of imidazole rings is 1. The highest BCUT2D eigenvalue weighted by Gasteiger charge is 2.22. The van der Waals surface area contributed by atoms with Crippen molar-refractivity contribution >= 4 is 34.1 Å². The van der Waals surface area contributed by atoms with E-state index in [1.165, 1.54) is 40.2 Å². The van der Waals surface area contributed by atoms with Crippen LogP contribution in [-0.2, 0) is 6.54 Å². The SMILES string of the molecule is CCCN(Cc1nc2cc(Cl)ccc2c(=O)[nH]1)C(=O)c1ccc(-n2ccnc2)c([N+](=O)[O-])c1. The molecule has 0 radical (unpaired) electrons. The topological polar surface area (TPSA) is 127 Å². The van der Waals surface area contributed by atoms with E-state index in [1.807, 2.05) is 6.92 Å². The zero-order valence-electron chi connectivity index (χ0n) is 17.6. The summed E-state index contributed by atoms with van der Waals surface area (Å²) in [5.74, 6) is -0.118. The number of nitro benzene ring substituents is 1. The number of rotatable bonds is 7. The molecule has 0 atom stereocenters. The Morgan fingerprint density at radius 2 is 2.09 bits per heavy atom. The number of hydrogen-bond donors (Lipinski definition) is 1. The van der Waals surface area contributed by atoms with Crippen molar-refractivity contribution in [3.05, 3.63) is 92.0 Å². The van der Waals surface area contributed by atoms with Gasteiger partial charge in [-0.2, -0.15) is 0 Å². The molecular formula is C22H19ClN6O4. The lowest BCUT2D eigenvalue weighted by Gasteiger charge is -2.22. The molecule has 0 unspecified atom stereocenters. The van der Waals surface area contributed by atoms with E-state index < -0.39 is 10.8 Å². The largest absolute Gasteiger partial charge is 0.331 e. The molecule has 10 nitrogen and oxygen atoms in total. The molecule has 0 fully saturated rings. The highest BCUT2D eigenvalue weighted by atomic mass is 35.5. The third-order valence-electron chi connectivity index (χ3n) is 5.04. The number of amides is 1. The molecule has 1 amide bonds. The molecule has 11 heteroatoms. The number of carbonyl (C=O) groups is 1. The second-order valence-electron chi connectivity index (χ2n) is 7.33. The van der Waals surface area contributed by atoms with Crippen molar-refractivity contribution in [1.29, 1.82) is 0 Å². The van der Waals surface area contributed by atoms with Gasteiger partial charge in [-0.15, -0.1) is 0 Å². The van der Waals surface area contributed by atoms with Crippen LogP contribution in [0.3, 0.4) is 0 Å². The van der Waals surface area contributed by atoms with Crippen LogP contribution in [0.1, 0.15) is 29.5 Å². The molecule has 33 heavy (non-hydrogen) atoms. The third-order valence-corrected chi connectivity index (χ3v) is 5.28. The fraction of sp³-hybridized carbons (Fsp3) is 0.182. The molecule has 2 heterocycles. The van der Waals surface area contributed by atoms with Gasteiger partial charge in [-0.1, -0.05) is 18.5 Å². The van der Waals surface area contributed by atoms with Crippen LogP contribution in [-0.4, -0.2) is 41.8 Å². The lowest BCUT2D eigenvalue weighted by molar-refractivity contribution is -0.384. The Hall–Kier alpha value is -4.05. The minimum atomic E-state index is -0.539. The Kier molecular flexibility index (Phi) is 6.18. The molecule has 2 aromatic carbocycles. The van der Waals surface area contributed by atoms with Crippen LogP contribution in [0, 0.1) is 10.1 Å². The monoisotopic (exact) mass is 466 g/mol. The first-order valence-corrected chi connectivity index (χ1v) is 10.5. The number of benzene rings is 2. The molecule has 2 aromatic heterocycles. The highest BCUT2D eigenvalue weighted by molar-refractivity contribution is 6.31. The average Bonchev–Trinajstić information content (AvgIpc) is 3.32. The van der Waals surface area contributed by atoms with Gasteiger partial charge in [0.15, 0.2) is 0 Å². The van der Waals surface area contributed by atoms with Crippen LogP contribution in [0.15, 0.2) is 59.9 Å². The van der Waals surface area contributed by atoms with Gasteiger partial charge >= 0.3 is 0 Å². The Morgan fingerprint density at radius 3 is 2.79 bits per heavy atom. The number of halogens is 1. The molecule has 4 rings (SSSR count). The first-order chi connectivity index (χ1) is 15.9. The minimum Gasteiger partial charge on any atom is -0.331 e. The van der Waals surface area contributed by atoms with Gasteiger partial charge in [0.2, 0.25) is 0 Å². The molecule has 0 aliphatic heterocycles. The van der Waals surface area contributed by atoms with Gasteiger partial charge in [0.05, 0.1) is 28.7 Å². The predicted molar refractivity (Wildman–Crippen MR) is 123 cm³/mol. The number of fused-ring (bicyclic) bond motifs is 1. The number of nitrogens with one attached hydrogen (secondary N) is 1. The molecular weight excluding hydrogens is 448 g/mol. The number of carbonyl (C=O) groups excluding carboxylic acids is 1. The summed E-state index contributed by atoms with van der Waals surface area (Å²) in [4.78, 5) is 49.3. The van der Waals surface area contributed by atoms with Gasteiger partial charge in [0.25, 0.3) is 17.2 Å². The van der Waals surface area contributed by atoms with E-state index in [1.54, 1.807) is 24.4 Å². The van der Waals surface area contributed by atoms with E-state index in [-0.39, 0.29) is 23.4 Å². The van der Waals surface area contributed by atoms with Gasteiger partial charge in [0, 0.05) is 35.6 Å². The lowest BCUT2D eigenvalue weighted by atomic mass is 10.1. The van der Waals surface area contributed by atoms with Crippen LogP contribution in [0.4, 0.5) is 5.69 Å². The van der Waals surface area contributed by atoms with Crippen molar-refractivity contribution in [3.8, 4) is 5.69 Å². The Balaban J connectivity index is 1.68. The summed E-state index contributed by atoms with van der Waals surface area (Å²) in [6, 6.07) is 9.06. The quantitative estimate of drug-likeness (QED) is 0.326. The maximum Gasteiger partial charge on any atom is 0.294 e. The summed E-state index contributed by atoms with van der Waals surface area (Å²) in [6.07, 6.45) is 5.18. The van der Waals surface area contributed by atoms with Crippen LogP contribution < -0.4 is 5.56 Å². The summed E-state index contributed by atoms with van der Waals surface area (Å²) < 4.78 is 1.51. The summed E-state index contributed by atoms with van der Waals surface area (Å²) >= 11 is 6.02. The Morgan fingerprint density at radius 1 is 1.27 bits per heavy atom. The zero-order chi connectivity index (χ0) is 23.5. The van der Waals surface area contributed by atoms with Crippen molar-refractivity contribution in [1.82, 2.24) is 24.4 Å². The number of nitro groups is 1. The fourth-order valence-corrected chi connectivity index (χ4v) is 3.71. The third kappa shape index (κ3) is 4.60. The molecule has 0 saturated heterocycles. The van der Waals surface area contributed by atoms with Gasteiger partial charge in [-0.25, -0.2) is 9.97 Å². The number of aromatic amines is 1. The van der Waals surface area contributed by atoms with Crippen molar-refractivity contribution in [2.24, 2.45) is 0 Å². The van der Waals surface area contributed by atoms with Gasteiger partial charge in [-0.3, -0.25) is 19.7 Å². The van der Waals surface area contributed by atoms with Crippen molar-refractivity contribution in [2.75, 3.05) is 6.54 Å². The lowest BCUT2D eigenvalue weighted by Crippen LogP contribution is -2.33. The second kappa shape index (κ2) is 9.21. The van der Waals surface area contributed by atoms with E-state index in [9.17, 15) is 19.7 Å². The van der Waals surface area contributed by atoms with E-state index in [0.717, 1.165) is 0 Å². The summed E-state index contributed by atoms with van der Waals surface area (Å²) in [5.41, 5.74) is 0.322. The van der Waals surface area contributed by atoms with Crippen LogP contribution in [0.2, 0.25) is 5.02 Å². The van der Waals surface area contributed by atoms with E-state index in [2.05, 4.69) is 15.0 Å². The molecule has 0 spiro atoms. The van der Waals surface area contributed by atoms with Crippen LogP contribution >= 0.6 is 11.6 Å².